The molecule has 27 heavy (non-hydrogen) atoms. The second-order valence-corrected chi connectivity index (χ2v) is 6.92. The van der Waals surface area contributed by atoms with Gasteiger partial charge in [-0.25, -0.2) is 5.01 Å². The highest BCUT2D eigenvalue weighted by Crippen LogP contribution is 2.26. The molecule has 1 aromatic carbocycles. The molecular weight excluding hydrogens is 348 g/mol. The summed E-state index contributed by atoms with van der Waals surface area (Å²) in [6, 6.07) is 9.03. The summed E-state index contributed by atoms with van der Waals surface area (Å²) in [6.07, 6.45) is 1.38. The number of methoxy groups -OCH3 is 1. The lowest BCUT2D eigenvalue weighted by molar-refractivity contribution is -0.196. The van der Waals surface area contributed by atoms with Crippen LogP contribution in [0, 0.1) is 0 Å². The van der Waals surface area contributed by atoms with Crippen molar-refractivity contribution in [3.63, 3.8) is 0 Å². The quantitative estimate of drug-likeness (QED) is 0.494. The van der Waals surface area contributed by atoms with E-state index in [0.29, 0.717) is 32.5 Å². The molecule has 2 atom stereocenters. The molecule has 3 rings (SSSR count). The van der Waals surface area contributed by atoms with E-state index in [-0.39, 0.29) is 18.4 Å². The first kappa shape index (κ1) is 19.3. The van der Waals surface area contributed by atoms with Gasteiger partial charge in [-0.05, 0) is 12.0 Å². The molecule has 2 heterocycles. The number of fused-ring (bicyclic) bond motifs is 1. The van der Waals surface area contributed by atoms with Gasteiger partial charge < -0.3 is 14.5 Å². The van der Waals surface area contributed by atoms with Crippen LogP contribution in [0.3, 0.4) is 0 Å². The molecule has 2 fully saturated rings. The minimum atomic E-state index is -0.614. The van der Waals surface area contributed by atoms with Crippen LogP contribution in [0.5, 0.6) is 0 Å². The van der Waals surface area contributed by atoms with Gasteiger partial charge in [-0.15, -0.1) is 0 Å². The summed E-state index contributed by atoms with van der Waals surface area (Å²) in [5, 5.41) is 3.12. The number of rotatable bonds is 7. The SMILES string of the molecule is COCCCN1CC2N(C(=O)CN(C)N2C=O)[C@@H](Cc2ccccc2)C1=O. The molecular formula is C19H26N4O4. The van der Waals surface area contributed by atoms with Crippen LogP contribution in [0.1, 0.15) is 12.0 Å². The fraction of sp³-hybridized carbons (Fsp3) is 0.526. The Balaban J connectivity index is 1.89. The Morgan fingerprint density at radius 1 is 1.22 bits per heavy atom. The zero-order valence-corrected chi connectivity index (χ0v) is 15.8. The summed E-state index contributed by atoms with van der Waals surface area (Å²) in [7, 11) is 3.34. The molecule has 8 heteroatoms. The highest BCUT2D eigenvalue weighted by atomic mass is 16.5. The Kier molecular flexibility index (Phi) is 6.08. The molecule has 0 radical (unpaired) electrons. The smallest absolute Gasteiger partial charge is 0.245 e. The molecule has 2 aliphatic rings. The summed E-state index contributed by atoms with van der Waals surface area (Å²) in [6.45, 7) is 1.48. The summed E-state index contributed by atoms with van der Waals surface area (Å²) in [5.74, 6) is -0.207. The number of nitrogens with zero attached hydrogens (tertiary/aromatic N) is 4. The van der Waals surface area contributed by atoms with E-state index < -0.39 is 12.2 Å². The zero-order chi connectivity index (χ0) is 19.4. The maximum Gasteiger partial charge on any atom is 0.245 e. The van der Waals surface area contributed by atoms with Gasteiger partial charge in [0.2, 0.25) is 18.2 Å². The maximum absolute atomic E-state index is 13.2. The minimum absolute atomic E-state index is 0.0741. The lowest BCUT2D eigenvalue weighted by Gasteiger charge is -2.53. The third kappa shape index (κ3) is 3.96. The van der Waals surface area contributed by atoms with Gasteiger partial charge in [0, 0.05) is 33.7 Å². The van der Waals surface area contributed by atoms with E-state index in [2.05, 4.69) is 0 Å². The molecule has 1 unspecified atom stereocenters. The van der Waals surface area contributed by atoms with E-state index >= 15 is 0 Å². The van der Waals surface area contributed by atoms with Crippen molar-refractivity contribution >= 4 is 18.2 Å². The summed E-state index contributed by atoms with van der Waals surface area (Å²) in [5.41, 5.74) is 0.984. The normalized spacial score (nSPS) is 23.6. The van der Waals surface area contributed by atoms with E-state index in [0.717, 1.165) is 12.0 Å². The largest absolute Gasteiger partial charge is 0.385 e. The number of hydrogen-bond acceptors (Lipinski definition) is 5. The fourth-order valence-corrected chi connectivity index (χ4v) is 3.83. The molecule has 0 aliphatic carbocycles. The average molecular weight is 374 g/mol. The lowest BCUT2D eigenvalue weighted by atomic mass is 9.99. The third-order valence-corrected chi connectivity index (χ3v) is 5.15. The number of benzene rings is 1. The van der Waals surface area contributed by atoms with Crippen molar-refractivity contribution in [2.45, 2.75) is 25.0 Å². The Morgan fingerprint density at radius 3 is 2.63 bits per heavy atom. The number of carbonyl (C=O) groups is 3. The predicted molar refractivity (Wildman–Crippen MR) is 98.2 cm³/mol. The van der Waals surface area contributed by atoms with Gasteiger partial charge >= 0.3 is 0 Å². The van der Waals surface area contributed by atoms with Crippen LogP contribution in [0.4, 0.5) is 0 Å². The molecule has 0 N–H and O–H groups in total. The van der Waals surface area contributed by atoms with Crippen LogP contribution in [0.15, 0.2) is 30.3 Å². The highest BCUT2D eigenvalue weighted by Gasteiger charge is 2.48. The zero-order valence-electron chi connectivity index (χ0n) is 15.8. The van der Waals surface area contributed by atoms with Gasteiger partial charge in [0.15, 0.2) is 0 Å². The second kappa shape index (κ2) is 8.49. The number of piperazine rings is 1. The molecule has 0 bridgehead atoms. The van der Waals surface area contributed by atoms with Gasteiger partial charge in [0.1, 0.15) is 12.2 Å². The number of amides is 3. The molecule has 2 saturated heterocycles. The summed E-state index contributed by atoms with van der Waals surface area (Å²) < 4.78 is 5.10. The van der Waals surface area contributed by atoms with E-state index in [1.54, 1.807) is 29.0 Å². The van der Waals surface area contributed by atoms with Crippen molar-refractivity contribution in [3.05, 3.63) is 35.9 Å². The van der Waals surface area contributed by atoms with E-state index in [4.69, 9.17) is 4.74 Å². The van der Waals surface area contributed by atoms with Crippen molar-refractivity contribution in [1.29, 1.82) is 0 Å². The van der Waals surface area contributed by atoms with Crippen LogP contribution >= 0.6 is 0 Å². The molecule has 8 nitrogen and oxygen atoms in total. The van der Waals surface area contributed by atoms with Gasteiger partial charge in [-0.1, -0.05) is 30.3 Å². The van der Waals surface area contributed by atoms with Gasteiger partial charge in [0.05, 0.1) is 13.1 Å². The number of hydrogen-bond donors (Lipinski definition) is 0. The summed E-state index contributed by atoms with van der Waals surface area (Å²) >= 11 is 0. The second-order valence-electron chi connectivity index (χ2n) is 6.92. The minimum Gasteiger partial charge on any atom is -0.385 e. The average Bonchev–Trinajstić information content (AvgIpc) is 2.66. The first-order valence-electron chi connectivity index (χ1n) is 9.14. The van der Waals surface area contributed by atoms with Crippen molar-refractivity contribution in [3.8, 4) is 0 Å². The van der Waals surface area contributed by atoms with Crippen LogP contribution in [-0.2, 0) is 25.5 Å². The first-order chi connectivity index (χ1) is 13.1. The number of carbonyl (C=O) groups excluding carboxylic acids is 3. The Morgan fingerprint density at radius 2 is 1.96 bits per heavy atom. The Hall–Kier alpha value is -2.45. The van der Waals surface area contributed by atoms with Crippen LogP contribution in [0.25, 0.3) is 0 Å². The summed E-state index contributed by atoms with van der Waals surface area (Å²) in [4.78, 5) is 40.9. The fourth-order valence-electron chi connectivity index (χ4n) is 3.83. The van der Waals surface area contributed by atoms with Crippen LogP contribution in [-0.4, -0.2) is 90.6 Å². The van der Waals surface area contributed by atoms with E-state index in [1.165, 1.54) is 5.01 Å². The van der Waals surface area contributed by atoms with Crippen molar-refractivity contribution in [2.24, 2.45) is 0 Å². The van der Waals surface area contributed by atoms with Crippen molar-refractivity contribution in [1.82, 2.24) is 19.8 Å². The Labute approximate surface area is 159 Å². The van der Waals surface area contributed by atoms with Crippen LogP contribution < -0.4 is 0 Å². The molecule has 2 aliphatic heterocycles. The number of hydrazine groups is 1. The molecule has 0 spiro atoms. The van der Waals surface area contributed by atoms with Gasteiger partial charge in [0.25, 0.3) is 0 Å². The Bertz CT molecular complexity index is 684. The van der Waals surface area contributed by atoms with Gasteiger partial charge in [-0.2, -0.15) is 0 Å². The number of likely N-dealkylation sites (N-methyl/N-ethyl adjacent to an activating group) is 1. The van der Waals surface area contributed by atoms with Crippen molar-refractivity contribution < 1.29 is 19.1 Å². The van der Waals surface area contributed by atoms with Crippen molar-refractivity contribution in [2.75, 3.05) is 40.4 Å². The highest BCUT2D eigenvalue weighted by molar-refractivity contribution is 5.91. The molecule has 1 aromatic rings. The topological polar surface area (TPSA) is 73.4 Å². The van der Waals surface area contributed by atoms with E-state index in [9.17, 15) is 14.4 Å². The third-order valence-electron chi connectivity index (χ3n) is 5.15. The monoisotopic (exact) mass is 374 g/mol. The molecule has 0 saturated carbocycles. The number of ether oxygens (including phenoxy) is 1. The maximum atomic E-state index is 13.2. The standard InChI is InChI=1S/C19H26N4O4/c1-20-13-18(25)23-16(11-15-7-4-3-5-8-15)19(26)21(9-6-10-27-2)12-17(23)22(20)14-24/h3-5,7-8,14,16-17H,6,9-13H2,1-2H3/t16-,17?/m0/s1. The van der Waals surface area contributed by atoms with Gasteiger partial charge in [-0.3, -0.25) is 19.4 Å². The molecule has 0 aromatic heterocycles. The predicted octanol–water partition coefficient (Wildman–Crippen LogP) is -0.0501. The molecule has 3 amide bonds. The van der Waals surface area contributed by atoms with E-state index in [1.807, 2.05) is 30.3 Å². The lowest BCUT2D eigenvalue weighted by Crippen LogP contribution is -2.74. The first-order valence-corrected chi connectivity index (χ1v) is 9.14. The molecule has 146 valence electrons. The van der Waals surface area contributed by atoms with Crippen LogP contribution in [0.2, 0.25) is 0 Å².